The number of carbonyl (C=O) groups excluding carboxylic acids is 2. The third-order valence-corrected chi connectivity index (χ3v) is 2.08. The molecule has 0 aliphatic heterocycles. The number of benzene rings is 1. The van der Waals surface area contributed by atoms with E-state index < -0.39 is 5.78 Å². The van der Waals surface area contributed by atoms with Gasteiger partial charge in [-0.1, -0.05) is 12.1 Å². The summed E-state index contributed by atoms with van der Waals surface area (Å²) in [4.78, 5) is 21.4. The first-order chi connectivity index (χ1) is 7.26. The minimum Gasteiger partial charge on any atom is -0.493 e. The number of hydrogen-bond acceptors (Lipinski definition) is 4. The number of Topliss-reactive ketones (excluding diaryl/α,β-unsaturated/α-hetero) is 1. The number of hydrogen-bond donors (Lipinski definition) is 0. The standard InChI is InChI=1S/C11H8O4/c1-14-9-4-2-3-7-5-10(8(13)6-12)15-11(7)9/h2-6H,1H3. The molecule has 2 aromatic rings. The second kappa shape index (κ2) is 3.57. The molecule has 15 heavy (non-hydrogen) atoms. The quantitative estimate of drug-likeness (QED) is 0.434. The van der Waals surface area contributed by atoms with Crippen LogP contribution in [0.1, 0.15) is 10.6 Å². The number of ketones is 1. The Labute approximate surface area is 85.4 Å². The molecule has 0 unspecified atom stereocenters. The highest BCUT2D eigenvalue weighted by atomic mass is 16.5. The van der Waals surface area contributed by atoms with E-state index in [0.717, 1.165) is 5.39 Å². The highest BCUT2D eigenvalue weighted by molar-refractivity contribution is 6.32. The zero-order valence-electron chi connectivity index (χ0n) is 8.02. The number of fused-ring (bicyclic) bond motifs is 1. The van der Waals surface area contributed by atoms with Gasteiger partial charge in [0.25, 0.3) is 5.78 Å². The molecule has 2 rings (SSSR count). The fourth-order valence-corrected chi connectivity index (χ4v) is 1.38. The first-order valence-electron chi connectivity index (χ1n) is 4.32. The number of rotatable bonds is 3. The van der Waals surface area contributed by atoms with Gasteiger partial charge in [0.15, 0.2) is 23.4 Å². The van der Waals surface area contributed by atoms with Crippen molar-refractivity contribution in [2.45, 2.75) is 0 Å². The fraction of sp³-hybridized carbons (Fsp3) is 0.0909. The van der Waals surface area contributed by atoms with Crippen molar-refractivity contribution in [2.75, 3.05) is 7.11 Å². The van der Waals surface area contributed by atoms with Gasteiger partial charge in [0.05, 0.1) is 7.11 Å². The van der Waals surface area contributed by atoms with Crippen LogP contribution < -0.4 is 4.74 Å². The lowest BCUT2D eigenvalue weighted by atomic mass is 10.2. The molecule has 0 saturated heterocycles. The van der Waals surface area contributed by atoms with Gasteiger partial charge in [0, 0.05) is 5.39 Å². The van der Waals surface area contributed by atoms with Gasteiger partial charge in [-0.05, 0) is 12.1 Å². The molecule has 0 fully saturated rings. The lowest BCUT2D eigenvalue weighted by molar-refractivity contribution is -0.104. The molecular weight excluding hydrogens is 196 g/mol. The van der Waals surface area contributed by atoms with Crippen LogP contribution in [0.3, 0.4) is 0 Å². The molecule has 1 heterocycles. The van der Waals surface area contributed by atoms with E-state index in [0.29, 0.717) is 11.3 Å². The molecule has 4 heteroatoms. The molecule has 0 amide bonds. The van der Waals surface area contributed by atoms with Crippen molar-refractivity contribution in [3.05, 3.63) is 30.0 Å². The maximum Gasteiger partial charge on any atom is 0.260 e. The molecule has 0 N–H and O–H groups in total. The van der Waals surface area contributed by atoms with Gasteiger partial charge in [-0.25, -0.2) is 0 Å². The first-order valence-corrected chi connectivity index (χ1v) is 4.32. The zero-order valence-corrected chi connectivity index (χ0v) is 8.02. The van der Waals surface area contributed by atoms with Crippen LogP contribution in [0.15, 0.2) is 28.7 Å². The van der Waals surface area contributed by atoms with Crippen LogP contribution in [0.25, 0.3) is 11.0 Å². The summed E-state index contributed by atoms with van der Waals surface area (Å²) < 4.78 is 10.3. The van der Waals surface area contributed by atoms with Crippen LogP contribution in [0, 0.1) is 0 Å². The summed E-state index contributed by atoms with van der Waals surface area (Å²) in [7, 11) is 1.51. The molecule has 0 aliphatic rings. The molecule has 0 atom stereocenters. The first kappa shape index (κ1) is 9.45. The summed E-state index contributed by atoms with van der Waals surface area (Å²) in [5.41, 5.74) is 0.477. The van der Waals surface area contributed by atoms with Crippen molar-refractivity contribution in [3.8, 4) is 5.75 Å². The summed E-state index contributed by atoms with van der Waals surface area (Å²) in [5, 5.41) is 0.736. The number of aldehydes is 1. The van der Waals surface area contributed by atoms with Crippen LogP contribution in [0.4, 0.5) is 0 Å². The van der Waals surface area contributed by atoms with Crippen molar-refractivity contribution < 1.29 is 18.7 Å². The number of furan rings is 1. The van der Waals surface area contributed by atoms with Crippen molar-refractivity contribution in [2.24, 2.45) is 0 Å². The Morgan fingerprint density at radius 2 is 2.27 bits per heavy atom. The highest BCUT2D eigenvalue weighted by Crippen LogP contribution is 2.28. The topological polar surface area (TPSA) is 56.5 Å². The van der Waals surface area contributed by atoms with Crippen molar-refractivity contribution in [3.63, 3.8) is 0 Å². The van der Waals surface area contributed by atoms with Crippen LogP contribution in [-0.4, -0.2) is 19.2 Å². The van der Waals surface area contributed by atoms with E-state index in [1.54, 1.807) is 18.2 Å². The van der Waals surface area contributed by atoms with Gasteiger partial charge in [-0.3, -0.25) is 9.59 Å². The second-order valence-corrected chi connectivity index (χ2v) is 2.97. The molecule has 0 bridgehead atoms. The van der Waals surface area contributed by atoms with Crippen LogP contribution in [0.5, 0.6) is 5.75 Å². The summed E-state index contributed by atoms with van der Waals surface area (Å²) in [6, 6.07) is 6.81. The summed E-state index contributed by atoms with van der Waals surface area (Å²) >= 11 is 0. The van der Waals surface area contributed by atoms with E-state index in [4.69, 9.17) is 9.15 Å². The average molecular weight is 204 g/mol. The third-order valence-electron chi connectivity index (χ3n) is 2.08. The molecule has 76 valence electrons. The molecule has 0 saturated carbocycles. The number of methoxy groups -OCH3 is 1. The predicted molar refractivity (Wildman–Crippen MR) is 53.2 cm³/mol. The maximum atomic E-state index is 11.1. The Bertz CT molecular complexity index is 524. The summed E-state index contributed by atoms with van der Waals surface area (Å²) in [6.07, 6.45) is 0.226. The zero-order chi connectivity index (χ0) is 10.8. The van der Waals surface area contributed by atoms with Gasteiger partial charge in [-0.15, -0.1) is 0 Å². The van der Waals surface area contributed by atoms with E-state index >= 15 is 0 Å². The van der Waals surface area contributed by atoms with Gasteiger partial charge >= 0.3 is 0 Å². The minimum atomic E-state index is -0.673. The van der Waals surface area contributed by atoms with E-state index in [1.165, 1.54) is 13.2 Å². The number of para-hydroxylation sites is 1. The van der Waals surface area contributed by atoms with Gasteiger partial charge < -0.3 is 9.15 Å². The Morgan fingerprint density at radius 1 is 1.47 bits per heavy atom. The summed E-state index contributed by atoms with van der Waals surface area (Å²) in [5.74, 6) is -0.102. The SMILES string of the molecule is COc1cccc2cc(C(=O)C=O)oc12. The second-order valence-electron chi connectivity index (χ2n) is 2.97. The molecule has 0 spiro atoms. The maximum absolute atomic E-state index is 11.1. The van der Waals surface area contributed by atoms with E-state index in [1.807, 2.05) is 0 Å². The number of carbonyl (C=O) groups is 2. The van der Waals surface area contributed by atoms with Crippen LogP contribution in [0.2, 0.25) is 0 Å². The lowest BCUT2D eigenvalue weighted by Crippen LogP contribution is -1.96. The minimum absolute atomic E-state index is 0.0319. The van der Waals surface area contributed by atoms with Crippen molar-refractivity contribution in [1.29, 1.82) is 0 Å². The molecule has 0 radical (unpaired) electrons. The lowest BCUT2D eigenvalue weighted by Gasteiger charge is -1.98. The smallest absolute Gasteiger partial charge is 0.260 e. The van der Waals surface area contributed by atoms with Gasteiger partial charge in [0.2, 0.25) is 0 Å². The van der Waals surface area contributed by atoms with Crippen molar-refractivity contribution in [1.82, 2.24) is 0 Å². The van der Waals surface area contributed by atoms with E-state index in [-0.39, 0.29) is 12.0 Å². The molecule has 0 aliphatic carbocycles. The third kappa shape index (κ3) is 1.50. The van der Waals surface area contributed by atoms with Gasteiger partial charge in [0.1, 0.15) is 0 Å². The Balaban J connectivity index is 2.64. The van der Waals surface area contributed by atoms with E-state index in [9.17, 15) is 9.59 Å². The Kier molecular flexibility index (Phi) is 2.25. The average Bonchev–Trinajstić information content (AvgIpc) is 2.71. The van der Waals surface area contributed by atoms with Crippen LogP contribution >= 0.6 is 0 Å². The highest BCUT2D eigenvalue weighted by Gasteiger charge is 2.13. The molecule has 4 nitrogen and oxygen atoms in total. The molecule has 1 aromatic carbocycles. The summed E-state index contributed by atoms with van der Waals surface area (Å²) in [6.45, 7) is 0. The monoisotopic (exact) mass is 204 g/mol. The normalized spacial score (nSPS) is 10.2. The Hall–Kier alpha value is -2.10. The largest absolute Gasteiger partial charge is 0.493 e. The van der Waals surface area contributed by atoms with Crippen LogP contribution in [-0.2, 0) is 4.79 Å². The van der Waals surface area contributed by atoms with Gasteiger partial charge in [-0.2, -0.15) is 0 Å². The molecule has 1 aromatic heterocycles. The van der Waals surface area contributed by atoms with E-state index in [2.05, 4.69) is 0 Å². The fourth-order valence-electron chi connectivity index (χ4n) is 1.38. The van der Waals surface area contributed by atoms with Crippen molar-refractivity contribution >= 4 is 23.0 Å². The predicted octanol–water partition coefficient (Wildman–Crippen LogP) is 1.82. The Morgan fingerprint density at radius 3 is 2.93 bits per heavy atom. The number of ether oxygens (including phenoxy) is 1. The molecular formula is C11H8O4.